The predicted molar refractivity (Wildman–Crippen MR) is 81.0 cm³/mol. The number of hydrogen-bond donors (Lipinski definition) is 1. The van der Waals surface area contributed by atoms with Crippen molar-refractivity contribution in [2.75, 3.05) is 0 Å². The molecule has 0 spiro atoms. The topological polar surface area (TPSA) is 69.1 Å². The number of fused-ring (bicyclic) bond motifs is 1. The molecule has 0 saturated heterocycles. The van der Waals surface area contributed by atoms with Gasteiger partial charge in [-0.15, -0.1) is 0 Å². The lowest BCUT2D eigenvalue weighted by molar-refractivity contribution is 0.0980. The number of aryl methyl sites for hydroxylation is 1. The van der Waals surface area contributed by atoms with Crippen molar-refractivity contribution in [2.45, 2.75) is 19.4 Å². The van der Waals surface area contributed by atoms with Gasteiger partial charge in [0.05, 0.1) is 0 Å². The van der Waals surface area contributed by atoms with E-state index in [-0.39, 0.29) is 5.78 Å². The summed E-state index contributed by atoms with van der Waals surface area (Å²) in [5, 5.41) is 0. The first-order chi connectivity index (χ1) is 10.3. The van der Waals surface area contributed by atoms with Gasteiger partial charge in [0.25, 0.3) is 0 Å². The number of ketones is 1. The molecule has 4 heteroatoms. The highest BCUT2D eigenvalue weighted by Crippen LogP contribution is 2.18. The standard InChI is InChI=1S/C17H16N2O2/c18-11-12-6-7-14-16(10-12)21-17(19-14)9-8-15(20)13-4-2-1-3-5-13/h1-7,10H,8-9,11,18H2. The molecule has 0 aliphatic carbocycles. The molecule has 106 valence electrons. The van der Waals surface area contributed by atoms with Gasteiger partial charge in [-0.1, -0.05) is 36.4 Å². The zero-order valence-corrected chi connectivity index (χ0v) is 11.6. The zero-order chi connectivity index (χ0) is 14.7. The quantitative estimate of drug-likeness (QED) is 0.729. The number of benzene rings is 2. The van der Waals surface area contributed by atoms with Crippen LogP contribution >= 0.6 is 0 Å². The molecule has 1 aromatic heterocycles. The van der Waals surface area contributed by atoms with E-state index in [1.54, 1.807) is 0 Å². The molecule has 0 aliphatic rings. The molecule has 0 radical (unpaired) electrons. The number of Topliss-reactive ketones (excluding diaryl/α,β-unsaturated/α-hetero) is 1. The fourth-order valence-corrected chi connectivity index (χ4v) is 2.24. The average Bonchev–Trinajstić information content (AvgIpc) is 2.95. The van der Waals surface area contributed by atoms with E-state index < -0.39 is 0 Å². The second kappa shape index (κ2) is 5.89. The number of aromatic nitrogens is 1. The van der Waals surface area contributed by atoms with Crippen LogP contribution in [0.3, 0.4) is 0 Å². The van der Waals surface area contributed by atoms with Crippen LogP contribution in [0.4, 0.5) is 0 Å². The number of nitrogens with zero attached hydrogens (tertiary/aromatic N) is 1. The first-order valence-electron chi connectivity index (χ1n) is 6.93. The van der Waals surface area contributed by atoms with Gasteiger partial charge in [-0.25, -0.2) is 4.98 Å². The van der Waals surface area contributed by atoms with Crippen LogP contribution in [0.2, 0.25) is 0 Å². The van der Waals surface area contributed by atoms with Gasteiger partial charge < -0.3 is 10.2 Å². The first-order valence-corrected chi connectivity index (χ1v) is 6.93. The van der Waals surface area contributed by atoms with Crippen molar-refractivity contribution >= 4 is 16.9 Å². The normalized spacial score (nSPS) is 10.9. The molecule has 0 bridgehead atoms. The van der Waals surface area contributed by atoms with Crippen molar-refractivity contribution in [1.29, 1.82) is 0 Å². The van der Waals surface area contributed by atoms with Gasteiger partial charge in [-0.05, 0) is 17.7 Å². The van der Waals surface area contributed by atoms with Crippen LogP contribution in [0, 0.1) is 0 Å². The van der Waals surface area contributed by atoms with Gasteiger partial charge in [-0.3, -0.25) is 4.79 Å². The van der Waals surface area contributed by atoms with Gasteiger partial charge in [0.1, 0.15) is 5.52 Å². The van der Waals surface area contributed by atoms with E-state index >= 15 is 0 Å². The summed E-state index contributed by atoms with van der Waals surface area (Å²) in [7, 11) is 0. The SMILES string of the molecule is NCc1ccc2nc(CCC(=O)c3ccccc3)oc2c1. The molecular formula is C17H16N2O2. The Kier molecular flexibility index (Phi) is 3.79. The summed E-state index contributed by atoms with van der Waals surface area (Å²) in [6, 6.07) is 15.0. The molecular weight excluding hydrogens is 264 g/mol. The highest BCUT2D eigenvalue weighted by molar-refractivity contribution is 5.96. The third kappa shape index (κ3) is 3.01. The Morgan fingerprint density at radius 3 is 2.71 bits per heavy atom. The van der Waals surface area contributed by atoms with Gasteiger partial charge in [0.2, 0.25) is 0 Å². The third-order valence-corrected chi connectivity index (χ3v) is 3.39. The molecule has 3 rings (SSSR count). The Morgan fingerprint density at radius 1 is 1.14 bits per heavy atom. The average molecular weight is 280 g/mol. The predicted octanol–water partition coefficient (Wildman–Crippen LogP) is 3.10. The molecule has 2 N–H and O–H groups in total. The molecule has 3 aromatic rings. The van der Waals surface area contributed by atoms with E-state index in [1.807, 2.05) is 48.5 Å². The molecule has 1 heterocycles. The minimum absolute atomic E-state index is 0.0977. The van der Waals surface area contributed by atoms with Crippen molar-refractivity contribution in [3.8, 4) is 0 Å². The minimum atomic E-state index is 0.0977. The largest absolute Gasteiger partial charge is 0.441 e. The number of nitrogens with two attached hydrogens (primary N) is 1. The molecule has 0 aliphatic heterocycles. The Balaban J connectivity index is 1.72. The summed E-state index contributed by atoms with van der Waals surface area (Å²) >= 11 is 0. The van der Waals surface area contributed by atoms with Gasteiger partial charge >= 0.3 is 0 Å². The van der Waals surface area contributed by atoms with Crippen LogP contribution in [-0.4, -0.2) is 10.8 Å². The second-order valence-corrected chi connectivity index (χ2v) is 4.90. The van der Waals surface area contributed by atoms with Crippen molar-refractivity contribution in [1.82, 2.24) is 4.98 Å². The van der Waals surface area contributed by atoms with Crippen LogP contribution < -0.4 is 5.73 Å². The zero-order valence-electron chi connectivity index (χ0n) is 11.6. The number of carbonyl (C=O) groups excluding carboxylic acids is 1. The van der Waals surface area contributed by atoms with Crippen molar-refractivity contribution in [2.24, 2.45) is 5.73 Å². The smallest absolute Gasteiger partial charge is 0.195 e. The van der Waals surface area contributed by atoms with Crippen LogP contribution in [0.25, 0.3) is 11.1 Å². The van der Waals surface area contributed by atoms with Gasteiger partial charge in [-0.2, -0.15) is 0 Å². The maximum Gasteiger partial charge on any atom is 0.195 e. The van der Waals surface area contributed by atoms with Crippen LogP contribution in [-0.2, 0) is 13.0 Å². The Hall–Kier alpha value is -2.46. The van der Waals surface area contributed by atoms with Crippen molar-refractivity contribution < 1.29 is 9.21 Å². The third-order valence-electron chi connectivity index (χ3n) is 3.39. The molecule has 0 amide bonds. The number of carbonyl (C=O) groups is 1. The van der Waals surface area contributed by atoms with E-state index in [0.717, 1.165) is 22.2 Å². The molecule has 0 fully saturated rings. The molecule has 4 nitrogen and oxygen atoms in total. The van der Waals surface area contributed by atoms with E-state index in [4.69, 9.17) is 10.2 Å². The van der Waals surface area contributed by atoms with Crippen molar-refractivity contribution in [3.05, 3.63) is 65.5 Å². The fraction of sp³-hybridized carbons (Fsp3) is 0.176. The lowest BCUT2D eigenvalue weighted by atomic mass is 10.1. The lowest BCUT2D eigenvalue weighted by Crippen LogP contribution is -2.00. The Labute approximate surface area is 122 Å². The van der Waals surface area contributed by atoms with Gasteiger partial charge in [0, 0.05) is 24.9 Å². The summed E-state index contributed by atoms with van der Waals surface area (Å²) in [4.78, 5) is 16.4. The van der Waals surface area contributed by atoms with E-state index in [2.05, 4.69) is 4.98 Å². The summed E-state index contributed by atoms with van der Waals surface area (Å²) in [6.45, 7) is 0.471. The monoisotopic (exact) mass is 280 g/mol. The second-order valence-electron chi connectivity index (χ2n) is 4.90. The number of rotatable bonds is 5. The summed E-state index contributed by atoms with van der Waals surface area (Å²) < 4.78 is 5.68. The molecule has 2 aromatic carbocycles. The highest BCUT2D eigenvalue weighted by atomic mass is 16.3. The maximum absolute atomic E-state index is 12.0. The highest BCUT2D eigenvalue weighted by Gasteiger charge is 2.10. The molecule has 0 unspecified atom stereocenters. The van der Waals surface area contributed by atoms with E-state index in [9.17, 15) is 4.79 Å². The molecule has 0 saturated carbocycles. The van der Waals surface area contributed by atoms with E-state index in [1.165, 1.54) is 0 Å². The van der Waals surface area contributed by atoms with E-state index in [0.29, 0.717) is 25.3 Å². The maximum atomic E-state index is 12.0. The van der Waals surface area contributed by atoms with Crippen LogP contribution in [0.5, 0.6) is 0 Å². The lowest BCUT2D eigenvalue weighted by Gasteiger charge is -1.98. The molecule has 0 atom stereocenters. The first kappa shape index (κ1) is 13.5. The Morgan fingerprint density at radius 2 is 1.95 bits per heavy atom. The summed E-state index contributed by atoms with van der Waals surface area (Å²) in [5.41, 5.74) is 8.85. The Bertz CT molecular complexity index is 763. The van der Waals surface area contributed by atoms with Crippen molar-refractivity contribution in [3.63, 3.8) is 0 Å². The van der Waals surface area contributed by atoms with Crippen LogP contribution in [0.1, 0.15) is 28.2 Å². The van der Waals surface area contributed by atoms with Gasteiger partial charge in [0.15, 0.2) is 17.3 Å². The summed E-state index contributed by atoms with van der Waals surface area (Å²) in [5.74, 6) is 0.684. The van der Waals surface area contributed by atoms with Crippen LogP contribution in [0.15, 0.2) is 52.9 Å². The minimum Gasteiger partial charge on any atom is -0.441 e. The molecule has 21 heavy (non-hydrogen) atoms. The number of oxazole rings is 1. The number of hydrogen-bond acceptors (Lipinski definition) is 4. The summed E-state index contributed by atoms with van der Waals surface area (Å²) in [6.07, 6.45) is 0.890. The fourth-order valence-electron chi connectivity index (χ4n) is 2.24.